The molecule has 3 aromatic rings. The smallest absolute Gasteiger partial charge is 0.338 e. The van der Waals surface area contributed by atoms with Crippen molar-refractivity contribution in [1.82, 2.24) is 4.57 Å². The van der Waals surface area contributed by atoms with E-state index in [1.807, 2.05) is 12.1 Å². The number of ether oxygens (including phenoxy) is 2. The fraction of sp³-hybridized carbons (Fsp3) is 0.174. The van der Waals surface area contributed by atoms with Crippen molar-refractivity contribution < 1.29 is 14.3 Å². The van der Waals surface area contributed by atoms with Gasteiger partial charge in [-0.2, -0.15) is 0 Å². The monoisotopic (exact) mass is 488 g/mol. The molecule has 0 bridgehead atoms. The van der Waals surface area contributed by atoms with Crippen molar-refractivity contribution in [2.24, 2.45) is 4.99 Å². The zero-order valence-corrected chi connectivity index (χ0v) is 19.7. The molecule has 1 atom stereocenters. The van der Waals surface area contributed by atoms with Crippen molar-refractivity contribution in [3.05, 3.63) is 94.6 Å². The molecule has 32 heavy (non-hydrogen) atoms. The van der Waals surface area contributed by atoms with Gasteiger partial charge in [0, 0.05) is 0 Å². The Balaban J connectivity index is 1.95. The van der Waals surface area contributed by atoms with Crippen molar-refractivity contribution in [2.45, 2.75) is 13.0 Å². The summed E-state index contributed by atoms with van der Waals surface area (Å²) in [7, 11) is 2.88. The largest absolute Gasteiger partial charge is 0.497 e. The Kier molecular flexibility index (Phi) is 6.24. The maximum atomic E-state index is 13.5. The molecule has 0 spiro atoms. The van der Waals surface area contributed by atoms with Gasteiger partial charge in [0.25, 0.3) is 5.56 Å². The Morgan fingerprint density at radius 2 is 1.84 bits per heavy atom. The van der Waals surface area contributed by atoms with Crippen LogP contribution in [-0.4, -0.2) is 24.8 Å². The third-order valence-corrected chi connectivity index (χ3v) is 6.82. The Morgan fingerprint density at radius 1 is 1.12 bits per heavy atom. The van der Waals surface area contributed by atoms with Gasteiger partial charge in [0.05, 0.1) is 46.1 Å². The topological polar surface area (TPSA) is 69.9 Å². The van der Waals surface area contributed by atoms with E-state index >= 15 is 0 Å². The second kappa shape index (κ2) is 8.94. The summed E-state index contributed by atoms with van der Waals surface area (Å²) in [6, 6.07) is 11.7. The summed E-state index contributed by atoms with van der Waals surface area (Å²) in [5.74, 6) is 0.131. The molecule has 0 amide bonds. The van der Waals surface area contributed by atoms with Crippen LogP contribution in [0.5, 0.6) is 5.75 Å². The highest BCUT2D eigenvalue weighted by Crippen LogP contribution is 2.31. The number of fused-ring (bicyclic) bond motifs is 1. The SMILES string of the molecule is COC(=O)C1=C(C)N=c2s/c(=C/c3ccc(Cl)c(Cl)c3)c(=O)n2[C@@H]1c1ccc(OC)cc1. The van der Waals surface area contributed by atoms with Crippen molar-refractivity contribution in [1.29, 1.82) is 0 Å². The van der Waals surface area contributed by atoms with E-state index in [0.717, 1.165) is 11.1 Å². The second-order valence-corrected chi connectivity index (χ2v) is 8.84. The molecule has 164 valence electrons. The maximum absolute atomic E-state index is 13.5. The van der Waals surface area contributed by atoms with Gasteiger partial charge in [-0.3, -0.25) is 9.36 Å². The molecule has 6 nitrogen and oxygen atoms in total. The lowest BCUT2D eigenvalue weighted by Crippen LogP contribution is -2.39. The summed E-state index contributed by atoms with van der Waals surface area (Å²) < 4.78 is 12.2. The van der Waals surface area contributed by atoms with Gasteiger partial charge >= 0.3 is 5.97 Å². The van der Waals surface area contributed by atoms with Gasteiger partial charge in [-0.05, 0) is 48.4 Å². The molecule has 4 rings (SSSR count). The molecule has 0 saturated carbocycles. The number of carbonyl (C=O) groups is 1. The summed E-state index contributed by atoms with van der Waals surface area (Å²) >= 11 is 13.4. The van der Waals surface area contributed by atoms with Crippen LogP contribution in [-0.2, 0) is 9.53 Å². The van der Waals surface area contributed by atoms with Crippen LogP contribution in [0.15, 0.2) is 63.5 Å². The highest BCUT2D eigenvalue weighted by atomic mass is 35.5. The number of hydrogen-bond acceptors (Lipinski definition) is 6. The quantitative estimate of drug-likeness (QED) is 0.524. The number of benzene rings is 2. The van der Waals surface area contributed by atoms with Crippen molar-refractivity contribution >= 4 is 46.6 Å². The average Bonchev–Trinajstić information content (AvgIpc) is 3.09. The van der Waals surface area contributed by atoms with E-state index in [9.17, 15) is 9.59 Å². The third-order valence-electron chi connectivity index (χ3n) is 5.10. The van der Waals surface area contributed by atoms with E-state index in [4.69, 9.17) is 32.7 Å². The minimum absolute atomic E-state index is 0.269. The van der Waals surface area contributed by atoms with Crippen molar-refractivity contribution in [2.75, 3.05) is 14.2 Å². The number of allylic oxidation sites excluding steroid dienone is 1. The number of nitrogens with zero attached hydrogens (tertiary/aromatic N) is 2. The van der Waals surface area contributed by atoms with E-state index in [-0.39, 0.29) is 5.56 Å². The molecule has 0 unspecified atom stereocenters. The maximum Gasteiger partial charge on any atom is 0.338 e. The minimum atomic E-state index is -0.680. The average molecular weight is 489 g/mol. The van der Waals surface area contributed by atoms with Crippen LogP contribution >= 0.6 is 34.5 Å². The number of methoxy groups -OCH3 is 2. The summed E-state index contributed by atoms with van der Waals surface area (Å²) in [6.45, 7) is 1.73. The lowest BCUT2D eigenvalue weighted by molar-refractivity contribution is -0.136. The fourth-order valence-corrected chi connectivity index (χ4v) is 4.90. The lowest BCUT2D eigenvalue weighted by Gasteiger charge is -2.24. The predicted molar refractivity (Wildman–Crippen MR) is 125 cm³/mol. The molecule has 0 radical (unpaired) electrons. The molecule has 1 aliphatic heterocycles. The predicted octanol–water partition coefficient (Wildman–Crippen LogP) is 3.72. The number of thiazole rings is 1. The minimum Gasteiger partial charge on any atom is -0.497 e. The zero-order chi connectivity index (χ0) is 23.0. The number of halogens is 2. The summed E-state index contributed by atoms with van der Waals surface area (Å²) in [5, 5.41) is 0.830. The van der Waals surface area contributed by atoms with E-state index in [1.54, 1.807) is 50.4 Å². The fourth-order valence-electron chi connectivity index (χ4n) is 3.55. The van der Waals surface area contributed by atoms with Gasteiger partial charge in [0.1, 0.15) is 5.75 Å². The van der Waals surface area contributed by atoms with Gasteiger partial charge < -0.3 is 9.47 Å². The normalized spacial score (nSPS) is 15.9. The van der Waals surface area contributed by atoms with Crippen LogP contribution in [0, 0.1) is 0 Å². The number of rotatable bonds is 4. The molecule has 1 aromatic heterocycles. The molecular weight excluding hydrogens is 471 g/mol. The highest BCUT2D eigenvalue weighted by Gasteiger charge is 2.33. The van der Waals surface area contributed by atoms with Crippen molar-refractivity contribution in [3.8, 4) is 5.75 Å². The molecule has 0 saturated heterocycles. The van der Waals surface area contributed by atoms with E-state index in [1.165, 1.54) is 23.0 Å². The molecule has 0 fully saturated rings. The standard InChI is InChI=1S/C23H18Cl2N2O4S/c1-12-19(22(29)31-3)20(14-5-7-15(30-2)8-6-14)27-21(28)18(32-23(27)26-12)11-13-4-9-16(24)17(25)10-13/h4-11,20H,1-3H3/b18-11+/t20-/m1/s1. The summed E-state index contributed by atoms with van der Waals surface area (Å²) in [6.07, 6.45) is 1.73. The van der Waals surface area contributed by atoms with Gasteiger partial charge in [-0.25, -0.2) is 9.79 Å². The summed E-state index contributed by atoms with van der Waals surface area (Å²) in [5.41, 5.74) is 2.01. The number of aromatic nitrogens is 1. The first-order valence-corrected chi connectivity index (χ1v) is 11.1. The number of carbonyl (C=O) groups excluding carboxylic acids is 1. The molecule has 2 heterocycles. The second-order valence-electron chi connectivity index (χ2n) is 7.02. The van der Waals surface area contributed by atoms with Crippen LogP contribution in [0.2, 0.25) is 10.0 Å². The molecule has 0 N–H and O–H groups in total. The van der Waals surface area contributed by atoms with Crippen LogP contribution in [0.25, 0.3) is 6.08 Å². The molecular formula is C23H18Cl2N2O4S. The van der Waals surface area contributed by atoms with Gasteiger partial charge in [-0.15, -0.1) is 0 Å². The molecule has 0 aliphatic carbocycles. The Morgan fingerprint density at radius 3 is 2.47 bits per heavy atom. The third kappa shape index (κ3) is 3.99. The Hall–Kier alpha value is -2.87. The Labute approximate surface area is 197 Å². The lowest BCUT2D eigenvalue weighted by atomic mass is 9.96. The van der Waals surface area contributed by atoms with Crippen LogP contribution in [0.4, 0.5) is 0 Å². The summed E-state index contributed by atoms with van der Waals surface area (Å²) in [4.78, 5) is 31.1. The number of hydrogen-bond donors (Lipinski definition) is 0. The first-order valence-electron chi connectivity index (χ1n) is 9.54. The van der Waals surface area contributed by atoms with Gasteiger partial charge in [0.2, 0.25) is 0 Å². The van der Waals surface area contributed by atoms with Gasteiger partial charge in [0.15, 0.2) is 4.80 Å². The molecule has 1 aliphatic rings. The molecule has 9 heteroatoms. The van der Waals surface area contributed by atoms with Crippen LogP contribution < -0.4 is 19.6 Å². The zero-order valence-electron chi connectivity index (χ0n) is 17.4. The van der Waals surface area contributed by atoms with Crippen LogP contribution in [0.3, 0.4) is 0 Å². The highest BCUT2D eigenvalue weighted by molar-refractivity contribution is 7.07. The van der Waals surface area contributed by atoms with Crippen molar-refractivity contribution in [3.63, 3.8) is 0 Å². The van der Waals surface area contributed by atoms with E-state index in [2.05, 4.69) is 4.99 Å². The van der Waals surface area contributed by atoms with E-state index in [0.29, 0.717) is 36.4 Å². The molecule has 2 aromatic carbocycles. The number of esters is 1. The van der Waals surface area contributed by atoms with Crippen LogP contribution in [0.1, 0.15) is 24.1 Å². The van der Waals surface area contributed by atoms with E-state index < -0.39 is 12.0 Å². The van der Waals surface area contributed by atoms with Gasteiger partial charge in [-0.1, -0.05) is 52.7 Å². The Bertz CT molecular complexity index is 1420. The first kappa shape index (κ1) is 22.3. The first-order chi connectivity index (χ1) is 15.3.